The third-order valence-corrected chi connectivity index (χ3v) is 13.8. The predicted molar refractivity (Wildman–Crippen MR) is 309 cm³/mol. The Labute approximate surface area is 464 Å². The molecule has 0 atom stereocenters. The van der Waals surface area contributed by atoms with Crippen molar-refractivity contribution in [1.29, 1.82) is 0 Å². The molecule has 0 aliphatic heterocycles. The van der Waals surface area contributed by atoms with Gasteiger partial charge in [-0.15, -0.1) is 11.8 Å². The first-order valence-electron chi connectivity index (χ1n) is 26.0. The highest BCUT2D eigenvalue weighted by Gasteiger charge is 2.22. The largest absolute Gasteiger partial charge is 0.485 e. The monoisotopic (exact) mass is 1100 g/mol. The molecule has 3 heterocycles. The summed E-state index contributed by atoms with van der Waals surface area (Å²) in [5, 5.41) is 13.0. The first-order chi connectivity index (χ1) is 35.5. The van der Waals surface area contributed by atoms with Gasteiger partial charge >= 0.3 is 0 Å². The molecule has 0 aliphatic carbocycles. The van der Waals surface area contributed by atoms with E-state index in [1.807, 2.05) is 86.6 Å². The van der Waals surface area contributed by atoms with E-state index in [-0.39, 0.29) is 37.3 Å². The van der Waals surface area contributed by atoms with E-state index in [1.165, 1.54) is 81.7 Å². The number of aryl methyl sites for hydroxylation is 2. The maximum absolute atomic E-state index is 12.4. The molecule has 0 N–H and O–H groups in total. The molecule has 0 unspecified atom stereocenters. The van der Waals surface area contributed by atoms with Gasteiger partial charge in [0, 0.05) is 12.4 Å². The third kappa shape index (κ3) is 20.2. The van der Waals surface area contributed by atoms with Gasteiger partial charge in [-0.1, -0.05) is 154 Å². The van der Waals surface area contributed by atoms with Crippen LogP contribution in [0, 0.1) is 0 Å². The number of hydrogen-bond donors (Lipinski definition) is 0. The molecule has 0 amide bonds. The Kier molecular flexibility index (Phi) is 25.2. The summed E-state index contributed by atoms with van der Waals surface area (Å²) in [5.41, 5.74) is 4.92. The number of hydrogen-bond acceptors (Lipinski definition) is 10. The Hall–Kier alpha value is -4.92. The van der Waals surface area contributed by atoms with E-state index < -0.39 is 11.1 Å². The summed E-state index contributed by atoms with van der Waals surface area (Å²) in [4.78, 5) is 37.7. The second-order valence-corrected chi connectivity index (χ2v) is 23.6. The van der Waals surface area contributed by atoms with E-state index in [1.54, 1.807) is 18.0 Å². The molecule has 0 aliphatic rings. The highest BCUT2D eigenvalue weighted by Crippen LogP contribution is 2.28. The van der Waals surface area contributed by atoms with Crippen LogP contribution in [0.1, 0.15) is 161 Å². The van der Waals surface area contributed by atoms with Crippen molar-refractivity contribution in [2.24, 2.45) is 0 Å². The first-order valence-corrected chi connectivity index (χ1v) is 28.1. The molecule has 0 spiro atoms. The lowest BCUT2D eigenvalue weighted by atomic mass is 10.1. The van der Waals surface area contributed by atoms with Gasteiger partial charge in [-0.2, -0.15) is 15.3 Å². The summed E-state index contributed by atoms with van der Waals surface area (Å²) in [6.07, 6.45) is 15.4. The molecule has 0 bridgehead atoms. The quantitative estimate of drug-likeness (QED) is 0.0507. The van der Waals surface area contributed by atoms with Gasteiger partial charge in [-0.05, 0) is 128 Å². The van der Waals surface area contributed by atoms with E-state index in [9.17, 15) is 14.4 Å². The van der Waals surface area contributed by atoms with Gasteiger partial charge in [0.05, 0.1) is 46.7 Å². The van der Waals surface area contributed by atoms with Crippen molar-refractivity contribution in [3.63, 3.8) is 0 Å². The molecule has 3 aromatic carbocycles. The maximum Gasteiger partial charge on any atom is 0.289 e. The number of rotatable bonds is 21. The van der Waals surface area contributed by atoms with Crippen LogP contribution >= 0.6 is 46.6 Å². The molecule has 408 valence electrons. The van der Waals surface area contributed by atoms with Crippen LogP contribution in [0.3, 0.4) is 0 Å². The number of nitrogens with zero attached hydrogens (tertiary/aromatic N) is 6. The molecular formula is C59H79Cl3N6O6S. The van der Waals surface area contributed by atoms with Crippen LogP contribution in [-0.4, -0.2) is 35.9 Å². The van der Waals surface area contributed by atoms with E-state index in [0.717, 1.165) is 53.2 Å². The number of unbranched alkanes of at least 4 members (excludes halogenated alkanes) is 4. The molecule has 0 saturated carbocycles. The minimum absolute atomic E-state index is 0.0505. The predicted octanol–water partition coefficient (Wildman–Crippen LogP) is 14.8. The van der Waals surface area contributed by atoms with Gasteiger partial charge in [-0.3, -0.25) is 14.4 Å². The summed E-state index contributed by atoms with van der Waals surface area (Å²) in [6.45, 7) is 25.8. The number of benzene rings is 3. The normalized spacial score (nSPS) is 11.6. The fourth-order valence-corrected chi connectivity index (χ4v) is 8.81. The number of aromatic nitrogens is 6. The summed E-state index contributed by atoms with van der Waals surface area (Å²) in [7, 11) is 0. The van der Waals surface area contributed by atoms with Gasteiger partial charge in [0.1, 0.15) is 18.2 Å². The molecule has 16 heteroatoms. The molecule has 0 saturated heterocycles. The summed E-state index contributed by atoms with van der Waals surface area (Å²) < 4.78 is 21.0. The summed E-state index contributed by atoms with van der Waals surface area (Å²) >= 11 is 20.1. The minimum Gasteiger partial charge on any atom is -0.485 e. The fraction of sp³-hybridized carbons (Fsp3) is 0.492. The summed E-state index contributed by atoms with van der Waals surface area (Å²) in [6, 6.07) is 25.0. The van der Waals surface area contributed by atoms with Crippen LogP contribution in [0.15, 0.2) is 111 Å². The zero-order valence-corrected chi connectivity index (χ0v) is 49.3. The average Bonchev–Trinajstić information content (AvgIpc) is 3.36. The Balaban J connectivity index is 0.000000243. The van der Waals surface area contributed by atoms with Crippen LogP contribution < -0.4 is 26.2 Å². The Morgan fingerprint density at radius 2 is 0.800 bits per heavy atom. The number of ether oxygens (including phenoxy) is 3. The second-order valence-electron chi connectivity index (χ2n) is 21.4. The van der Waals surface area contributed by atoms with E-state index in [0.29, 0.717) is 31.3 Å². The minimum atomic E-state index is -0.436. The van der Waals surface area contributed by atoms with Crippen LogP contribution in [0.25, 0.3) is 0 Å². The van der Waals surface area contributed by atoms with E-state index in [4.69, 9.17) is 49.0 Å². The van der Waals surface area contributed by atoms with Crippen molar-refractivity contribution >= 4 is 46.6 Å². The summed E-state index contributed by atoms with van der Waals surface area (Å²) in [5.74, 6) is 1.39. The Bertz CT molecular complexity index is 2560. The maximum atomic E-state index is 12.4. The lowest BCUT2D eigenvalue weighted by Crippen LogP contribution is -2.36. The lowest BCUT2D eigenvalue weighted by Gasteiger charge is -2.21. The van der Waals surface area contributed by atoms with Crippen LogP contribution in [0.4, 0.5) is 0 Å². The Morgan fingerprint density at radius 1 is 0.453 bits per heavy atom. The molecule has 0 fully saturated rings. The van der Waals surface area contributed by atoms with Crippen molar-refractivity contribution in [3.8, 4) is 11.5 Å². The van der Waals surface area contributed by atoms with E-state index in [2.05, 4.69) is 84.6 Å². The molecule has 0 radical (unpaired) electrons. The van der Waals surface area contributed by atoms with Crippen LogP contribution in [-0.2, 0) is 59.8 Å². The smallest absolute Gasteiger partial charge is 0.289 e. The highest BCUT2D eigenvalue weighted by molar-refractivity contribution is 7.98. The van der Waals surface area contributed by atoms with Gasteiger partial charge < -0.3 is 14.2 Å². The average molecular weight is 1110 g/mol. The second kappa shape index (κ2) is 30.1. The first kappa shape index (κ1) is 62.6. The van der Waals surface area contributed by atoms with Gasteiger partial charge in [0.2, 0.25) is 0 Å². The van der Waals surface area contributed by atoms with E-state index >= 15 is 0 Å². The van der Waals surface area contributed by atoms with Gasteiger partial charge in [0.25, 0.3) is 16.7 Å². The van der Waals surface area contributed by atoms with Crippen LogP contribution in [0.5, 0.6) is 11.5 Å². The molecule has 6 rings (SSSR count). The molecule has 12 nitrogen and oxygen atoms in total. The molecule has 75 heavy (non-hydrogen) atoms. The topological polar surface area (TPSA) is 132 Å². The Morgan fingerprint density at radius 3 is 1.17 bits per heavy atom. The number of thioether (sulfide) groups is 1. The van der Waals surface area contributed by atoms with Crippen molar-refractivity contribution in [2.45, 2.75) is 188 Å². The molecule has 3 aromatic heterocycles. The molecule has 6 aromatic rings. The zero-order chi connectivity index (χ0) is 55.3. The van der Waals surface area contributed by atoms with Crippen molar-refractivity contribution < 1.29 is 14.2 Å². The lowest BCUT2D eigenvalue weighted by molar-refractivity contribution is 0.121. The highest BCUT2D eigenvalue weighted by atomic mass is 35.5. The van der Waals surface area contributed by atoms with Crippen LogP contribution in [0.2, 0.25) is 15.1 Å². The van der Waals surface area contributed by atoms with Crippen molar-refractivity contribution in [2.75, 3.05) is 6.61 Å². The van der Waals surface area contributed by atoms with Gasteiger partial charge in [0.15, 0.2) is 21.5 Å². The molecular weight excluding hydrogens is 1030 g/mol. The fourth-order valence-electron chi connectivity index (χ4n) is 7.30. The van der Waals surface area contributed by atoms with Crippen molar-refractivity contribution in [1.82, 2.24) is 29.3 Å². The zero-order valence-electron chi connectivity index (χ0n) is 46.2. The third-order valence-electron chi connectivity index (χ3n) is 11.6. The van der Waals surface area contributed by atoms with Gasteiger partial charge in [-0.25, -0.2) is 14.0 Å². The SMILES string of the molecule is CCCCCc1ccc(COc2cnn(C(C)(C)C)c(=O)c2Cl)cc1.CCCCCc1ccc(CSc2cnn(C(C)(C)C)c(=O)c2Cl)cc1.CCCOCc1ccc(COc2cnn(C(C)(C)C)c(=O)c2Cl)cc1. The van der Waals surface area contributed by atoms with Crippen molar-refractivity contribution in [3.05, 3.63) is 171 Å². The standard InChI is InChI=1S/C20H27ClN2O2.C20H27ClN2OS.C19H25ClN2O3/c2*1-5-6-7-8-15-9-11-16(12-10-15)14-25-17-13-22-23(20(2,3)4)19(24)18(17)21;1-5-10-24-12-14-6-8-15(9-7-14)13-25-16-11-21-22(19(2,3)4)18(23)17(16)20/h2*9-13H,5-8,14H2,1-4H3;6-9,11H,5,10,12-13H2,1-4H3. The number of halogens is 3.